The van der Waals surface area contributed by atoms with E-state index < -0.39 is 0 Å². The predicted molar refractivity (Wildman–Crippen MR) is 121 cm³/mol. The maximum Gasteiger partial charge on any atom is -0.00257 e. The number of aryl methyl sites for hydroxylation is 1. The van der Waals surface area contributed by atoms with Crippen molar-refractivity contribution >= 4 is 0 Å². The maximum absolute atomic E-state index is 2.49. The lowest BCUT2D eigenvalue weighted by Crippen LogP contribution is -2.15. The van der Waals surface area contributed by atoms with Crippen molar-refractivity contribution in [3.05, 3.63) is 70.3 Å². The molecule has 0 saturated heterocycles. The molecular weight excluding hydrogens is 336 g/mol. The summed E-state index contributed by atoms with van der Waals surface area (Å²) < 4.78 is 0. The molecule has 0 aliphatic heterocycles. The van der Waals surface area contributed by atoms with Crippen LogP contribution in [0.4, 0.5) is 0 Å². The lowest BCUT2D eigenvalue weighted by molar-refractivity contribution is 0.268. The molecule has 0 nitrogen and oxygen atoms in total. The predicted octanol–water partition coefficient (Wildman–Crippen LogP) is 7.55. The molecular formula is C28H38. The van der Waals surface area contributed by atoms with Crippen LogP contribution >= 0.6 is 0 Å². The smallest absolute Gasteiger partial charge is 0.00257 e. The average Bonchev–Trinajstić information content (AvgIpc) is 2.75. The Balaban J connectivity index is 1.33. The van der Waals surface area contributed by atoms with Gasteiger partial charge in [0, 0.05) is 0 Å². The Bertz CT molecular complexity index is 746. The second kappa shape index (κ2) is 9.29. The van der Waals surface area contributed by atoms with Gasteiger partial charge < -0.3 is 0 Å². The van der Waals surface area contributed by atoms with Crippen molar-refractivity contribution in [2.45, 2.75) is 84.5 Å². The highest BCUT2D eigenvalue weighted by atomic mass is 14.3. The van der Waals surface area contributed by atoms with Crippen molar-refractivity contribution in [3.63, 3.8) is 0 Å². The summed E-state index contributed by atoms with van der Waals surface area (Å²) in [5, 5.41) is 0. The van der Waals surface area contributed by atoms with Crippen molar-refractivity contribution < 1.29 is 0 Å². The van der Waals surface area contributed by atoms with Crippen LogP contribution in [0.3, 0.4) is 0 Å². The summed E-state index contributed by atoms with van der Waals surface area (Å²) in [6, 6.07) is 16.8. The fraction of sp³-hybridized carbons (Fsp3) is 0.571. The van der Waals surface area contributed by atoms with E-state index in [1.54, 1.807) is 16.7 Å². The van der Waals surface area contributed by atoms with E-state index in [1.807, 2.05) is 0 Å². The van der Waals surface area contributed by atoms with Crippen LogP contribution in [0.15, 0.2) is 42.5 Å². The van der Waals surface area contributed by atoms with Crippen LogP contribution in [0.5, 0.6) is 0 Å². The highest BCUT2D eigenvalue weighted by Gasteiger charge is 2.20. The minimum absolute atomic E-state index is 0.905. The molecule has 1 fully saturated rings. The fourth-order valence-corrected chi connectivity index (χ4v) is 5.55. The minimum atomic E-state index is 0.905. The summed E-state index contributed by atoms with van der Waals surface area (Å²) in [7, 11) is 0. The van der Waals surface area contributed by atoms with E-state index >= 15 is 0 Å². The lowest BCUT2D eigenvalue weighted by atomic mass is 9.78. The van der Waals surface area contributed by atoms with Gasteiger partial charge in [0.25, 0.3) is 0 Å². The van der Waals surface area contributed by atoms with Crippen LogP contribution in [-0.4, -0.2) is 0 Å². The van der Waals surface area contributed by atoms with Gasteiger partial charge in [-0.15, -0.1) is 0 Å². The van der Waals surface area contributed by atoms with Crippen LogP contribution in [0.1, 0.15) is 86.6 Å². The highest BCUT2D eigenvalue weighted by Crippen LogP contribution is 2.33. The van der Waals surface area contributed by atoms with E-state index in [0.717, 1.165) is 24.2 Å². The van der Waals surface area contributed by atoms with Crippen molar-refractivity contribution in [2.75, 3.05) is 0 Å². The Morgan fingerprint density at radius 3 is 2.00 bits per heavy atom. The molecule has 1 unspecified atom stereocenters. The average molecular weight is 375 g/mol. The van der Waals surface area contributed by atoms with E-state index in [1.165, 1.54) is 75.3 Å². The lowest BCUT2D eigenvalue weighted by Gasteiger charge is -2.27. The van der Waals surface area contributed by atoms with E-state index in [-0.39, 0.29) is 0 Å². The van der Waals surface area contributed by atoms with Gasteiger partial charge in [0.1, 0.15) is 0 Å². The topological polar surface area (TPSA) is 0 Å². The minimum Gasteiger partial charge on any atom is -0.0651 e. The molecule has 0 bridgehead atoms. The Morgan fingerprint density at radius 2 is 1.29 bits per heavy atom. The van der Waals surface area contributed by atoms with Crippen molar-refractivity contribution in [2.24, 2.45) is 17.8 Å². The number of benzene rings is 2. The first-order chi connectivity index (χ1) is 13.7. The molecule has 2 aliphatic carbocycles. The first-order valence-electron chi connectivity index (χ1n) is 11.9. The molecule has 150 valence electrons. The highest BCUT2D eigenvalue weighted by molar-refractivity contribution is 5.37. The Labute approximate surface area is 172 Å². The van der Waals surface area contributed by atoms with Gasteiger partial charge in [0.05, 0.1) is 0 Å². The molecule has 28 heavy (non-hydrogen) atoms. The quantitative estimate of drug-likeness (QED) is 0.489. The summed E-state index contributed by atoms with van der Waals surface area (Å²) in [6.45, 7) is 4.69. The molecule has 1 saturated carbocycles. The molecule has 2 aliphatic rings. The van der Waals surface area contributed by atoms with Gasteiger partial charge in [-0.05, 0) is 90.5 Å². The second-order valence-electron chi connectivity index (χ2n) is 9.61. The van der Waals surface area contributed by atoms with Gasteiger partial charge in [0.15, 0.2) is 0 Å². The molecule has 0 N–H and O–H groups in total. The largest absolute Gasteiger partial charge is 0.0651 e. The molecule has 4 rings (SSSR count). The van der Waals surface area contributed by atoms with E-state index in [9.17, 15) is 0 Å². The first kappa shape index (κ1) is 19.7. The van der Waals surface area contributed by atoms with Crippen molar-refractivity contribution in [1.29, 1.82) is 0 Å². The first-order valence-corrected chi connectivity index (χ1v) is 11.9. The normalized spacial score (nSPS) is 24.7. The summed E-state index contributed by atoms with van der Waals surface area (Å²) in [6.07, 6.45) is 14.8. The fourth-order valence-electron chi connectivity index (χ4n) is 5.55. The molecule has 1 atom stereocenters. The number of hydrogen-bond acceptors (Lipinski definition) is 0. The van der Waals surface area contributed by atoms with E-state index in [4.69, 9.17) is 0 Å². The molecule has 0 aromatic heterocycles. The van der Waals surface area contributed by atoms with Gasteiger partial charge in [-0.2, -0.15) is 0 Å². The van der Waals surface area contributed by atoms with Gasteiger partial charge in [0.2, 0.25) is 0 Å². The van der Waals surface area contributed by atoms with Crippen LogP contribution in [0.25, 0.3) is 0 Å². The molecule has 2 aromatic rings. The summed E-state index contributed by atoms with van der Waals surface area (Å²) in [5.41, 5.74) is 7.70. The summed E-state index contributed by atoms with van der Waals surface area (Å²) in [4.78, 5) is 0. The molecule has 0 amide bonds. The summed E-state index contributed by atoms with van der Waals surface area (Å²) in [5.74, 6) is 2.83. The molecule has 0 heteroatoms. The number of fused-ring (bicyclic) bond motifs is 1. The second-order valence-corrected chi connectivity index (χ2v) is 9.61. The molecule has 0 heterocycles. The Kier molecular flexibility index (Phi) is 6.55. The standard InChI is InChI=1S/C28H38/c1-3-21-5-7-23(8-6-21)17-24-9-11-25(12-10-24)18-26-14-16-27-19-22(4-2)13-15-28(27)20-26/h9-12,14,16,20-23H,3-8,13,15,17-19H2,1-2H3. The zero-order chi connectivity index (χ0) is 19.3. The molecule has 0 radical (unpaired) electrons. The zero-order valence-corrected chi connectivity index (χ0v) is 18.1. The van der Waals surface area contributed by atoms with Crippen LogP contribution in [0, 0.1) is 17.8 Å². The van der Waals surface area contributed by atoms with Crippen molar-refractivity contribution in [3.8, 4) is 0 Å². The molecule has 2 aromatic carbocycles. The van der Waals surface area contributed by atoms with Gasteiger partial charge in [-0.1, -0.05) is 82.0 Å². The maximum atomic E-state index is 2.49. The molecule has 0 spiro atoms. The van der Waals surface area contributed by atoms with Crippen molar-refractivity contribution in [1.82, 2.24) is 0 Å². The van der Waals surface area contributed by atoms with Gasteiger partial charge >= 0.3 is 0 Å². The Hall–Kier alpha value is -1.56. The van der Waals surface area contributed by atoms with Gasteiger partial charge in [-0.25, -0.2) is 0 Å². The monoisotopic (exact) mass is 374 g/mol. The SMILES string of the molecule is CCC1CCC(Cc2ccc(Cc3ccc4c(c3)CCC(CC)C4)cc2)CC1. The van der Waals surface area contributed by atoms with E-state index in [0.29, 0.717) is 0 Å². The van der Waals surface area contributed by atoms with Crippen LogP contribution in [0.2, 0.25) is 0 Å². The van der Waals surface area contributed by atoms with Crippen LogP contribution in [-0.2, 0) is 25.7 Å². The number of hydrogen-bond donors (Lipinski definition) is 0. The third-order valence-electron chi connectivity index (χ3n) is 7.68. The zero-order valence-electron chi connectivity index (χ0n) is 18.1. The van der Waals surface area contributed by atoms with Gasteiger partial charge in [-0.3, -0.25) is 0 Å². The third-order valence-corrected chi connectivity index (χ3v) is 7.68. The summed E-state index contributed by atoms with van der Waals surface area (Å²) >= 11 is 0. The van der Waals surface area contributed by atoms with E-state index in [2.05, 4.69) is 56.3 Å². The van der Waals surface area contributed by atoms with Crippen LogP contribution < -0.4 is 0 Å². The third kappa shape index (κ3) is 4.88. The Morgan fingerprint density at radius 1 is 0.643 bits per heavy atom. The number of rotatable bonds is 6.